The fraction of sp³-hybridized carbons (Fsp3) is 0.348. The molecule has 5 rings (SSSR count). The third kappa shape index (κ3) is 3.04. The molecule has 2 aromatic carbocycles. The Labute approximate surface area is 172 Å². The molecule has 0 radical (unpaired) electrons. The van der Waals surface area contributed by atoms with Crippen LogP contribution in [0.25, 0.3) is 11.0 Å². The van der Waals surface area contributed by atoms with Crippen LogP contribution in [0.15, 0.2) is 42.7 Å². The molecule has 30 heavy (non-hydrogen) atoms. The smallest absolute Gasteiger partial charge is 0.227 e. The minimum Gasteiger partial charge on any atom is -0.327 e. The van der Waals surface area contributed by atoms with Gasteiger partial charge >= 0.3 is 0 Å². The molecule has 1 heterocycles. The van der Waals surface area contributed by atoms with Crippen LogP contribution in [-0.4, -0.2) is 15.5 Å². The average Bonchev–Trinajstić information content (AvgIpc) is 3.05. The lowest BCUT2D eigenvalue weighted by Gasteiger charge is -2.20. The number of nitriles is 1. The van der Waals surface area contributed by atoms with Crippen LogP contribution in [0.3, 0.4) is 0 Å². The highest BCUT2D eigenvalue weighted by atomic mass is 19.2. The van der Waals surface area contributed by atoms with Crippen LogP contribution in [0.4, 0.5) is 14.5 Å². The summed E-state index contributed by atoms with van der Waals surface area (Å²) in [7, 11) is 0. The third-order valence-corrected chi connectivity index (χ3v) is 6.77. The molecule has 2 aliphatic carbocycles. The van der Waals surface area contributed by atoms with E-state index in [1.165, 1.54) is 6.07 Å². The van der Waals surface area contributed by atoms with Crippen LogP contribution in [0.2, 0.25) is 0 Å². The first kappa shape index (κ1) is 18.7. The predicted molar refractivity (Wildman–Crippen MR) is 107 cm³/mol. The maximum atomic E-state index is 13.7. The number of halogens is 2. The fourth-order valence-corrected chi connectivity index (χ4v) is 5.20. The summed E-state index contributed by atoms with van der Waals surface area (Å²) >= 11 is 0. The Morgan fingerprint density at radius 3 is 2.53 bits per heavy atom. The molecule has 5 atom stereocenters. The van der Waals surface area contributed by atoms with Gasteiger partial charge in [-0.05, 0) is 54.9 Å². The number of hydrogen-bond donors (Lipinski definition) is 1. The van der Waals surface area contributed by atoms with Gasteiger partial charge in [-0.1, -0.05) is 6.92 Å². The van der Waals surface area contributed by atoms with Crippen molar-refractivity contribution in [3.8, 4) is 6.07 Å². The zero-order chi connectivity index (χ0) is 21.0. The molecule has 5 nitrogen and oxygen atoms in total. The number of fused-ring (bicyclic) bond motifs is 2. The fourth-order valence-electron chi connectivity index (χ4n) is 5.20. The molecule has 1 aromatic heterocycles. The van der Waals surface area contributed by atoms with Crippen molar-refractivity contribution in [2.45, 2.75) is 25.8 Å². The molecule has 3 aromatic rings. The Morgan fingerprint density at radius 1 is 1.20 bits per heavy atom. The molecule has 0 bridgehead atoms. The number of imidazole rings is 1. The number of amides is 1. The summed E-state index contributed by atoms with van der Waals surface area (Å²) in [5.74, 6) is -0.617. The number of benzene rings is 2. The van der Waals surface area contributed by atoms with Gasteiger partial charge in [-0.2, -0.15) is 5.26 Å². The highest BCUT2D eigenvalue weighted by Crippen LogP contribution is 2.64. The van der Waals surface area contributed by atoms with E-state index in [1.807, 2.05) is 11.5 Å². The molecular formula is C23H20F2N4O. The van der Waals surface area contributed by atoms with Gasteiger partial charge in [0.1, 0.15) is 0 Å². The van der Waals surface area contributed by atoms with Gasteiger partial charge in [-0.15, -0.1) is 0 Å². The molecular weight excluding hydrogens is 386 g/mol. The highest BCUT2D eigenvalue weighted by Gasteiger charge is 2.59. The van der Waals surface area contributed by atoms with Crippen molar-refractivity contribution in [1.29, 1.82) is 5.26 Å². The van der Waals surface area contributed by atoms with Gasteiger partial charge in [0, 0.05) is 29.8 Å². The summed E-state index contributed by atoms with van der Waals surface area (Å²) in [4.78, 5) is 16.9. The molecule has 2 fully saturated rings. The molecule has 2 saturated carbocycles. The quantitative estimate of drug-likeness (QED) is 0.685. The van der Waals surface area contributed by atoms with Crippen LogP contribution in [0.5, 0.6) is 0 Å². The molecule has 0 spiro atoms. The summed E-state index contributed by atoms with van der Waals surface area (Å²) < 4.78 is 29.1. The molecule has 152 valence electrons. The first-order valence-corrected chi connectivity index (χ1v) is 10.1. The molecule has 3 unspecified atom stereocenters. The second-order valence-corrected chi connectivity index (χ2v) is 8.40. The Balaban J connectivity index is 1.23. The minimum atomic E-state index is -0.885. The van der Waals surface area contributed by atoms with Crippen molar-refractivity contribution in [3.63, 3.8) is 0 Å². The Morgan fingerprint density at radius 2 is 1.87 bits per heavy atom. The van der Waals surface area contributed by atoms with E-state index in [2.05, 4.69) is 16.4 Å². The number of rotatable bonds is 4. The van der Waals surface area contributed by atoms with Crippen LogP contribution < -0.4 is 5.32 Å². The van der Waals surface area contributed by atoms with Gasteiger partial charge in [0.2, 0.25) is 5.91 Å². The maximum Gasteiger partial charge on any atom is 0.227 e. The molecule has 0 saturated heterocycles. The largest absolute Gasteiger partial charge is 0.327 e. The van der Waals surface area contributed by atoms with Crippen molar-refractivity contribution in [3.05, 3.63) is 59.9 Å². The number of carbonyl (C=O) groups is 1. The van der Waals surface area contributed by atoms with E-state index in [9.17, 15) is 13.6 Å². The zero-order valence-electron chi connectivity index (χ0n) is 16.3. The summed E-state index contributed by atoms with van der Waals surface area (Å²) in [6, 6.07) is 11.4. The van der Waals surface area contributed by atoms with Crippen LogP contribution in [0, 0.1) is 46.6 Å². The van der Waals surface area contributed by atoms with Gasteiger partial charge in [0.05, 0.1) is 29.0 Å². The van der Waals surface area contributed by atoms with Crippen LogP contribution in [0.1, 0.15) is 31.4 Å². The molecule has 2 aliphatic rings. The number of nitrogens with zero attached hydrogens (tertiary/aromatic N) is 3. The van der Waals surface area contributed by atoms with Crippen molar-refractivity contribution >= 4 is 22.6 Å². The number of nitrogens with one attached hydrogen (secondary N) is 1. The lowest BCUT2D eigenvalue weighted by Crippen LogP contribution is -2.24. The summed E-state index contributed by atoms with van der Waals surface area (Å²) in [6.07, 6.45) is 3.48. The maximum absolute atomic E-state index is 13.7. The van der Waals surface area contributed by atoms with Gasteiger partial charge in [-0.25, -0.2) is 13.8 Å². The number of carbonyl (C=O) groups excluding carboxylic acids is 1. The Kier molecular flexibility index (Phi) is 4.31. The zero-order valence-corrected chi connectivity index (χ0v) is 16.3. The van der Waals surface area contributed by atoms with E-state index in [-0.39, 0.29) is 17.9 Å². The predicted octanol–water partition coefficient (Wildman–Crippen LogP) is 4.66. The van der Waals surface area contributed by atoms with E-state index >= 15 is 0 Å². The second-order valence-electron chi connectivity index (χ2n) is 8.40. The van der Waals surface area contributed by atoms with Crippen molar-refractivity contribution in [2.75, 3.05) is 5.32 Å². The summed E-state index contributed by atoms with van der Waals surface area (Å²) in [6.45, 7) is 1.96. The number of hydrogen-bond acceptors (Lipinski definition) is 3. The van der Waals surface area contributed by atoms with Gasteiger partial charge < -0.3 is 9.88 Å². The molecule has 7 heteroatoms. The lowest BCUT2D eigenvalue weighted by atomic mass is 9.96. The topological polar surface area (TPSA) is 70.7 Å². The number of anilines is 1. The average molecular weight is 406 g/mol. The van der Waals surface area contributed by atoms with E-state index in [0.29, 0.717) is 40.0 Å². The van der Waals surface area contributed by atoms with Crippen molar-refractivity contribution < 1.29 is 13.6 Å². The number of aromatic nitrogens is 2. The standard InChI is InChI=1S/C23H20F2N4O/c1-12(23(30)28-14-4-2-13(10-26)3-5-14)22-16-6-15(7-17(16)22)29-11-27-20-8-18(24)19(25)9-21(20)29/h2-5,8-9,11-12,15-17,22H,6-7H2,1H3,(H,28,30)/t12?,15?,16-,17+,22?. The second kappa shape index (κ2) is 6.91. The highest BCUT2D eigenvalue weighted by molar-refractivity contribution is 5.92. The first-order chi connectivity index (χ1) is 14.5. The van der Waals surface area contributed by atoms with E-state index in [1.54, 1.807) is 30.6 Å². The van der Waals surface area contributed by atoms with Gasteiger partial charge in [-0.3, -0.25) is 4.79 Å². The Bertz CT molecular complexity index is 1170. The molecule has 0 aliphatic heterocycles. The van der Waals surface area contributed by atoms with Crippen LogP contribution in [-0.2, 0) is 4.79 Å². The van der Waals surface area contributed by atoms with E-state index in [0.717, 1.165) is 18.9 Å². The molecule has 1 N–H and O–H groups in total. The SMILES string of the molecule is CC(C(=O)Nc1ccc(C#N)cc1)C1[C@H]2CC(n3cnc4cc(F)c(F)cc43)C[C@@H]12. The summed E-state index contributed by atoms with van der Waals surface area (Å²) in [5.41, 5.74) is 2.32. The van der Waals surface area contributed by atoms with E-state index < -0.39 is 11.6 Å². The van der Waals surface area contributed by atoms with Crippen molar-refractivity contribution in [2.24, 2.45) is 23.7 Å². The summed E-state index contributed by atoms with van der Waals surface area (Å²) in [5, 5.41) is 11.8. The van der Waals surface area contributed by atoms with Gasteiger partial charge in [0.25, 0.3) is 0 Å². The van der Waals surface area contributed by atoms with Crippen LogP contribution >= 0.6 is 0 Å². The van der Waals surface area contributed by atoms with Crippen molar-refractivity contribution in [1.82, 2.24) is 9.55 Å². The first-order valence-electron chi connectivity index (χ1n) is 10.1. The normalized spacial score (nSPS) is 25.5. The monoisotopic (exact) mass is 406 g/mol. The lowest BCUT2D eigenvalue weighted by molar-refractivity contribution is -0.120. The molecule has 1 amide bonds. The minimum absolute atomic E-state index is 0.0127. The Hall–Kier alpha value is -3.27. The third-order valence-electron chi connectivity index (χ3n) is 6.77. The van der Waals surface area contributed by atoms with E-state index in [4.69, 9.17) is 5.26 Å². The van der Waals surface area contributed by atoms with Gasteiger partial charge in [0.15, 0.2) is 11.6 Å².